The third kappa shape index (κ3) is 4.03. The summed E-state index contributed by atoms with van der Waals surface area (Å²) in [4.78, 5) is 17.1. The van der Waals surface area contributed by atoms with Crippen molar-refractivity contribution in [1.29, 1.82) is 0 Å². The quantitative estimate of drug-likeness (QED) is 0.651. The summed E-state index contributed by atoms with van der Waals surface area (Å²) in [6, 6.07) is 10.8. The van der Waals surface area contributed by atoms with Gasteiger partial charge < -0.3 is 19.6 Å². The first-order valence-electron chi connectivity index (χ1n) is 7.66. The Morgan fingerprint density at radius 1 is 1.28 bits per heavy atom. The molecule has 0 radical (unpaired) electrons. The fourth-order valence-electron chi connectivity index (χ4n) is 2.29. The highest BCUT2D eigenvalue weighted by Gasteiger charge is 2.14. The molecule has 3 rings (SSSR count). The number of anilines is 1. The summed E-state index contributed by atoms with van der Waals surface area (Å²) in [5.41, 5.74) is 2.91. The van der Waals surface area contributed by atoms with Crippen LogP contribution in [0.15, 0.2) is 41.6 Å². The predicted molar refractivity (Wildman–Crippen MR) is 95.5 cm³/mol. The minimum atomic E-state index is -0.312. The molecule has 0 bridgehead atoms. The van der Waals surface area contributed by atoms with Gasteiger partial charge in [0.15, 0.2) is 18.1 Å². The second-order valence-corrected chi connectivity index (χ2v) is 5.89. The molecule has 0 fully saturated rings. The smallest absolute Gasteiger partial charge is 0.265 e. The van der Waals surface area contributed by atoms with Crippen molar-refractivity contribution in [1.82, 2.24) is 0 Å². The van der Waals surface area contributed by atoms with Crippen molar-refractivity contribution in [3.63, 3.8) is 0 Å². The first-order valence-corrected chi connectivity index (χ1v) is 8.04. The number of carbonyl (C=O) groups excluding carboxylic acids is 1. The van der Waals surface area contributed by atoms with Crippen molar-refractivity contribution in [2.45, 2.75) is 13.8 Å². The number of benzene rings is 2. The van der Waals surface area contributed by atoms with E-state index in [9.17, 15) is 4.79 Å². The van der Waals surface area contributed by atoms with Crippen LogP contribution in [0.5, 0.6) is 11.5 Å². The Bertz CT molecular complexity index is 836. The molecule has 0 spiro atoms. The molecular formula is C18H17ClN2O4. The van der Waals surface area contributed by atoms with E-state index < -0.39 is 0 Å². The molecule has 1 heterocycles. The number of rotatable bonds is 5. The number of oxime groups is 1. The molecule has 1 aliphatic heterocycles. The van der Waals surface area contributed by atoms with E-state index in [1.807, 2.05) is 25.1 Å². The molecule has 0 atom stereocenters. The molecule has 7 heteroatoms. The summed E-state index contributed by atoms with van der Waals surface area (Å²) in [5.74, 6) is 1.06. The number of amides is 1. The summed E-state index contributed by atoms with van der Waals surface area (Å²) >= 11 is 6.03. The fraction of sp³-hybridized carbons (Fsp3) is 0.222. The molecule has 6 nitrogen and oxygen atoms in total. The normalized spacial score (nSPS) is 12.8. The largest absolute Gasteiger partial charge is 0.454 e. The lowest BCUT2D eigenvalue weighted by molar-refractivity contribution is -0.120. The highest BCUT2D eigenvalue weighted by molar-refractivity contribution is 6.31. The zero-order chi connectivity index (χ0) is 17.8. The van der Waals surface area contributed by atoms with Gasteiger partial charge in [-0.1, -0.05) is 22.8 Å². The van der Waals surface area contributed by atoms with Crippen LogP contribution in [0.3, 0.4) is 0 Å². The Morgan fingerprint density at radius 2 is 2.08 bits per heavy atom. The van der Waals surface area contributed by atoms with E-state index in [2.05, 4.69) is 10.5 Å². The van der Waals surface area contributed by atoms with E-state index in [1.54, 1.807) is 25.1 Å². The Labute approximate surface area is 150 Å². The van der Waals surface area contributed by atoms with Gasteiger partial charge in [-0.2, -0.15) is 0 Å². The summed E-state index contributed by atoms with van der Waals surface area (Å²) < 4.78 is 10.6. The molecule has 25 heavy (non-hydrogen) atoms. The SMILES string of the molecule is C/C(=N\OCC(=O)Nc1cccc(Cl)c1C)c1ccc2c(c1)OCO2. The fourth-order valence-corrected chi connectivity index (χ4v) is 2.47. The summed E-state index contributed by atoms with van der Waals surface area (Å²) in [6.45, 7) is 3.64. The van der Waals surface area contributed by atoms with E-state index in [4.69, 9.17) is 25.9 Å². The second-order valence-electron chi connectivity index (χ2n) is 5.48. The summed E-state index contributed by atoms with van der Waals surface area (Å²) in [5, 5.41) is 7.31. The number of ether oxygens (including phenoxy) is 2. The molecule has 0 saturated heterocycles. The van der Waals surface area contributed by atoms with Crippen LogP contribution >= 0.6 is 11.6 Å². The Balaban J connectivity index is 1.57. The van der Waals surface area contributed by atoms with Gasteiger partial charge in [0.2, 0.25) is 6.79 Å². The standard InChI is InChI=1S/C18H17ClN2O4/c1-11-14(19)4-3-5-15(11)20-18(22)9-25-21-12(2)13-6-7-16-17(8-13)24-10-23-16/h3-8H,9-10H2,1-2H3,(H,20,22)/b21-12+. The number of halogens is 1. The molecule has 2 aromatic carbocycles. The van der Waals surface area contributed by atoms with Crippen LogP contribution in [-0.2, 0) is 9.63 Å². The average molecular weight is 361 g/mol. The van der Waals surface area contributed by atoms with Gasteiger partial charge in [-0.05, 0) is 49.7 Å². The molecule has 1 amide bonds. The van der Waals surface area contributed by atoms with E-state index >= 15 is 0 Å². The summed E-state index contributed by atoms with van der Waals surface area (Å²) in [7, 11) is 0. The number of fused-ring (bicyclic) bond motifs is 1. The van der Waals surface area contributed by atoms with Crippen LogP contribution < -0.4 is 14.8 Å². The van der Waals surface area contributed by atoms with Crippen LogP contribution in [0.25, 0.3) is 0 Å². The van der Waals surface area contributed by atoms with Crippen molar-refractivity contribution in [3.8, 4) is 11.5 Å². The molecule has 0 aromatic heterocycles. The van der Waals surface area contributed by atoms with Crippen LogP contribution in [-0.4, -0.2) is 25.0 Å². The second kappa shape index (κ2) is 7.44. The molecule has 130 valence electrons. The topological polar surface area (TPSA) is 69.2 Å². The van der Waals surface area contributed by atoms with E-state index in [1.165, 1.54) is 0 Å². The maximum Gasteiger partial charge on any atom is 0.265 e. The maximum absolute atomic E-state index is 12.0. The monoisotopic (exact) mass is 360 g/mol. The predicted octanol–water partition coefficient (Wildman–Crippen LogP) is 3.76. The molecule has 1 aliphatic rings. The lowest BCUT2D eigenvalue weighted by Gasteiger charge is -2.09. The highest BCUT2D eigenvalue weighted by Crippen LogP contribution is 2.32. The van der Waals surface area contributed by atoms with Gasteiger partial charge in [0.25, 0.3) is 5.91 Å². The van der Waals surface area contributed by atoms with Crippen LogP contribution in [0.1, 0.15) is 18.1 Å². The van der Waals surface area contributed by atoms with Crippen LogP contribution in [0.2, 0.25) is 5.02 Å². The van der Waals surface area contributed by atoms with Gasteiger partial charge in [0, 0.05) is 16.3 Å². The minimum Gasteiger partial charge on any atom is -0.454 e. The van der Waals surface area contributed by atoms with Gasteiger partial charge in [-0.3, -0.25) is 4.79 Å². The van der Waals surface area contributed by atoms with Gasteiger partial charge in [-0.25, -0.2) is 0 Å². The van der Waals surface area contributed by atoms with Crippen LogP contribution in [0, 0.1) is 6.92 Å². The minimum absolute atomic E-state index is 0.201. The van der Waals surface area contributed by atoms with Crippen molar-refractivity contribution in [2.24, 2.45) is 5.16 Å². The lowest BCUT2D eigenvalue weighted by Crippen LogP contribution is -2.18. The molecule has 0 unspecified atom stereocenters. The number of hydrogen-bond acceptors (Lipinski definition) is 5. The van der Waals surface area contributed by atoms with Gasteiger partial charge >= 0.3 is 0 Å². The number of hydrogen-bond donors (Lipinski definition) is 1. The number of nitrogens with one attached hydrogen (secondary N) is 1. The van der Waals surface area contributed by atoms with E-state index in [-0.39, 0.29) is 19.3 Å². The van der Waals surface area contributed by atoms with Gasteiger partial charge in [0.1, 0.15) is 0 Å². The molecule has 2 aromatic rings. The molecule has 1 N–H and O–H groups in total. The number of carbonyl (C=O) groups is 1. The molecule has 0 aliphatic carbocycles. The third-order valence-electron chi connectivity index (χ3n) is 3.73. The van der Waals surface area contributed by atoms with Crippen LogP contribution in [0.4, 0.5) is 5.69 Å². The van der Waals surface area contributed by atoms with Crippen molar-refractivity contribution in [2.75, 3.05) is 18.7 Å². The summed E-state index contributed by atoms with van der Waals surface area (Å²) in [6.07, 6.45) is 0. The van der Waals surface area contributed by atoms with Crippen molar-refractivity contribution >= 4 is 28.9 Å². The van der Waals surface area contributed by atoms with Crippen molar-refractivity contribution in [3.05, 3.63) is 52.5 Å². The lowest BCUT2D eigenvalue weighted by atomic mass is 10.1. The zero-order valence-electron chi connectivity index (χ0n) is 13.8. The van der Waals surface area contributed by atoms with E-state index in [0.29, 0.717) is 27.9 Å². The Hall–Kier alpha value is -2.73. The Morgan fingerprint density at radius 3 is 2.92 bits per heavy atom. The third-order valence-corrected chi connectivity index (χ3v) is 4.14. The first-order chi connectivity index (χ1) is 12.0. The zero-order valence-corrected chi connectivity index (χ0v) is 14.6. The Kier molecular flexibility index (Phi) is 5.09. The van der Waals surface area contributed by atoms with E-state index in [0.717, 1.165) is 11.1 Å². The van der Waals surface area contributed by atoms with Gasteiger partial charge in [-0.15, -0.1) is 0 Å². The molecular weight excluding hydrogens is 344 g/mol. The average Bonchev–Trinajstić information content (AvgIpc) is 3.06. The van der Waals surface area contributed by atoms with Gasteiger partial charge in [0.05, 0.1) is 5.71 Å². The van der Waals surface area contributed by atoms with Crippen molar-refractivity contribution < 1.29 is 19.1 Å². The highest BCUT2D eigenvalue weighted by atomic mass is 35.5. The molecule has 0 saturated carbocycles. The number of nitrogens with zero attached hydrogens (tertiary/aromatic N) is 1. The maximum atomic E-state index is 12.0. The first kappa shape index (κ1) is 17.1.